The fourth-order valence-corrected chi connectivity index (χ4v) is 3.34. The fourth-order valence-electron chi connectivity index (χ4n) is 3.34. The number of likely N-dealkylation sites (tertiary alicyclic amines) is 1. The summed E-state index contributed by atoms with van der Waals surface area (Å²) in [5.41, 5.74) is 0. The summed E-state index contributed by atoms with van der Waals surface area (Å²) in [5.74, 6) is -0.843. The van der Waals surface area contributed by atoms with Crippen molar-refractivity contribution in [1.29, 1.82) is 0 Å². The zero-order chi connectivity index (χ0) is 14.5. The van der Waals surface area contributed by atoms with Gasteiger partial charge in [0.15, 0.2) is 0 Å². The average molecular weight is 284 g/mol. The minimum absolute atomic E-state index is 0.0508. The predicted octanol–water partition coefficient (Wildman–Crippen LogP) is 0.901. The molecule has 0 radical (unpaired) electrons. The van der Waals surface area contributed by atoms with E-state index >= 15 is 0 Å². The van der Waals surface area contributed by atoms with Crippen LogP contribution in [-0.2, 0) is 4.79 Å². The molecule has 0 aromatic rings. The molecule has 3 N–H and O–H groups in total. The van der Waals surface area contributed by atoms with E-state index in [4.69, 9.17) is 10.2 Å². The lowest BCUT2D eigenvalue weighted by Crippen LogP contribution is -2.47. The van der Waals surface area contributed by atoms with E-state index in [0.29, 0.717) is 19.5 Å². The number of hydrogen-bond acceptors (Lipinski definition) is 3. The first-order chi connectivity index (χ1) is 9.61. The number of carbonyl (C=O) groups is 2. The summed E-state index contributed by atoms with van der Waals surface area (Å²) in [5, 5.41) is 21.1. The number of rotatable bonds is 4. The van der Waals surface area contributed by atoms with Crippen molar-refractivity contribution < 1.29 is 19.8 Å². The molecule has 2 fully saturated rings. The first kappa shape index (κ1) is 15.1. The highest BCUT2D eigenvalue weighted by atomic mass is 16.4. The maximum Gasteiger partial charge on any atom is 0.317 e. The lowest BCUT2D eigenvalue weighted by atomic mass is 9.96. The van der Waals surface area contributed by atoms with Crippen molar-refractivity contribution in [2.24, 2.45) is 17.8 Å². The maximum atomic E-state index is 12.1. The Morgan fingerprint density at radius 1 is 1.20 bits per heavy atom. The molecule has 6 heteroatoms. The minimum atomic E-state index is -0.750. The van der Waals surface area contributed by atoms with Gasteiger partial charge in [-0.15, -0.1) is 0 Å². The van der Waals surface area contributed by atoms with Crippen molar-refractivity contribution in [2.75, 3.05) is 26.2 Å². The molecule has 1 aliphatic carbocycles. The van der Waals surface area contributed by atoms with Gasteiger partial charge < -0.3 is 20.4 Å². The molecule has 3 atom stereocenters. The molecular weight excluding hydrogens is 260 g/mol. The number of amides is 2. The Balaban J connectivity index is 1.78. The predicted molar refractivity (Wildman–Crippen MR) is 73.2 cm³/mol. The number of carboxylic acids is 1. The monoisotopic (exact) mass is 284 g/mol. The quantitative estimate of drug-likeness (QED) is 0.715. The van der Waals surface area contributed by atoms with Gasteiger partial charge in [-0.2, -0.15) is 0 Å². The highest BCUT2D eigenvalue weighted by molar-refractivity contribution is 5.74. The number of piperidine rings is 1. The summed E-state index contributed by atoms with van der Waals surface area (Å²) < 4.78 is 0. The Kier molecular flexibility index (Phi) is 5.23. The summed E-state index contributed by atoms with van der Waals surface area (Å²) >= 11 is 0. The molecule has 114 valence electrons. The van der Waals surface area contributed by atoms with Gasteiger partial charge in [0, 0.05) is 26.2 Å². The molecule has 1 saturated carbocycles. The Morgan fingerprint density at radius 2 is 2.00 bits per heavy atom. The third kappa shape index (κ3) is 3.62. The topological polar surface area (TPSA) is 89.9 Å². The van der Waals surface area contributed by atoms with Gasteiger partial charge in [-0.05, 0) is 37.5 Å². The van der Waals surface area contributed by atoms with Crippen LogP contribution in [0.2, 0.25) is 0 Å². The molecule has 1 heterocycles. The zero-order valence-electron chi connectivity index (χ0n) is 11.8. The third-order valence-corrected chi connectivity index (χ3v) is 4.56. The first-order valence-corrected chi connectivity index (χ1v) is 7.48. The second kappa shape index (κ2) is 6.92. The highest BCUT2D eigenvalue weighted by Gasteiger charge is 2.33. The van der Waals surface area contributed by atoms with Crippen molar-refractivity contribution in [1.82, 2.24) is 10.2 Å². The highest BCUT2D eigenvalue weighted by Crippen LogP contribution is 2.31. The van der Waals surface area contributed by atoms with Crippen molar-refractivity contribution in [3.8, 4) is 0 Å². The SMILES string of the molecule is O=C(O)C1CCCC1CNC(=O)N1CCCC(CO)C1. The Labute approximate surface area is 119 Å². The number of urea groups is 1. The van der Waals surface area contributed by atoms with Gasteiger partial charge in [-0.25, -0.2) is 4.79 Å². The van der Waals surface area contributed by atoms with Crippen LogP contribution in [0.25, 0.3) is 0 Å². The first-order valence-electron chi connectivity index (χ1n) is 7.48. The number of nitrogens with zero attached hydrogens (tertiary/aromatic N) is 1. The Hall–Kier alpha value is -1.30. The van der Waals surface area contributed by atoms with Crippen LogP contribution in [0.4, 0.5) is 4.79 Å². The number of hydrogen-bond donors (Lipinski definition) is 3. The molecule has 2 aliphatic rings. The molecule has 6 nitrogen and oxygen atoms in total. The standard InChI is InChI=1S/C14H24N2O4/c17-9-10-3-2-6-16(8-10)14(20)15-7-11-4-1-5-12(11)13(18)19/h10-12,17H,1-9H2,(H,15,20)(H,18,19). The fraction of sp³-hybridized carbons (Fsp3) is 0.857. The van der Waals surface area contributed by atoms with Gasteiger partial charge >= 0.3 is 12.0 Å². The van der Waals surface area contributed by atoms with E-state index in [1.54, 1.807) is 4.90 Å². The molecule has 3 unspecified atom stereocenters. The van der Waals surface area contributed by atoms with Gasteiger partial charge in [0.25, 0.3) is 0 Å². The summed E-state index contributed by atoms with van der Waals surface area (Å²) in [6.07, 6.45) is 4.39. The van der Waals surface area contributed by atoms with Crippen molar-refractivity contribution in [2.45, 2.75) is 32.1 Å². The van der Waals surface area contributed by atoms with Gasteiger partial charge in [-0.3, -0.25) is 4.79 Å². The van der Waals surface area contributed by atoms with Crippen LogP contribution < -0.4 is 5.32 Å². The van der Waals surface area contributed by atoms with E-state index in [9.17, 15) is 9.59 Å². The molecule has 0 bridgehead atoms. The van der Waals surface area contributed by atoms with Crippen LogP contribution >= 0.6 is 0 Å². The number of aliphatic hydroxyl groups is 1. The second-order valence-electron chi connectivity index (χ2n) is 5.96. The second-order valence-corrected chi connectivity index (χ2v) is 5.96. The molecule has 1 aliphatic heterocycles. The average Bonchev–Trinajstić information content (AvgIpc) is 2.93. The van der Waals surface area contributed by atoms with Crippen LogP contribution in [0.5, 0.6) is 0 Å². The molecule has 20 heavy (non-hydrogen) atoms. The lowest BCUT2D eigenvalue weighted by Gasteiger charge is -2.32. The normalized spacial score (nSPS) is 30.2. The van der Waals surface area contributed by atoms with E-state index in [0.717, 1.165) is 32.2 Å². The van der Waals surface area contributed by atoms with Crippen LogP contribution in [0, 0.1) is 17.8 Å². The van der Waals surface area contributed by atoms with Crippen LogP contribution in [-0.4, -0.2) is 53.4 Å². The van der Waals surface area contributed by atoms with Crippen LogP contribution in [0.3, 0.4) is 0 Å². The number of carboxylic acid groups (broad SMARTS) is 1. The van der Waals surface area contributed by atoms with Crippen LogP contribution in [0.15, 0.2) is 0 Å². The Bertz CT molecular complexity index is 361. The zero-order valence-corrected chi connectivity index (χ0v) is 11.8. The number of aliphatic carboxylic acids is 1. The summed E-state index contributed by atoms with van der Waals surface area (Å²) in [4.78, 5) is 24.9. The van der Waals surface area contributed by atoms with Gasteiger partial charge in [0.1, 0.15) is 0 Å². The van der Waals surface area contributed by atoms with Gasteiger partial charge in [-0.1, -0.05) is 6.42 Å². The molecule has 2 rings (SSSR count). The molecule has 1 saturated heterocycles. The van der Waals surface area contributed by atoms with Crippen molar-refractivity contribution >= 4 is 12.0 Å². The van der Waals surface area contributed by atoms with E-state index in [1.165, 1.54) is 0 Å². The number of carbonyl (C=O) groups excluding carboxylic acids is 1. The van der Waals surface area contributed by atoms with E-state index < -0.39 is 5.97 Å². The summed E-state index contributed by atoms with van der Waals surface area (Å²) in [6.45, 7) is 1.87. The third-order valence-electron chi connectivity index (χ3n) is 4.56. The van der Waals surface area contributed by atoms with Crippen molar-refractivity contribution in [3.63, 3.8) is 0 Å². The molecule has 0 aromatic heterocycles. The smallest absolute Gasteiger partial charge is 0.317 e. The molecule has 2 amide bonds. The molecule has 0 spiro atoms. The lowest BCUT2D eigenvalue weighted by molar-refractivity contribution is -0.142. The minimum Gasteiger partial charge on any atom is -0.481 e. The van der Waals surface area contributed by atoms with E-state index in [-0.39, 0.29) is 30.4 Å². The van der Waals surface area contributed by atoms with Gasteiger partial charge in [0.2, 0.25) is 0 Å². The molecular formula is C14H24N2O4. The number of aliphatic hydroxyl groups excluding tert-OH is 1. The van der Waals surface area contributed by atoms with E-state index in [1.807, 2.05) is 0 Å². The molecule has 0 aromatic carbocycles. The maximum absolute atomic E-state index is 12.1. The Morgan fingerprint density at radius 3 is 2.70 bits per heavy atom. The largest absolute Gasteiger partial charge is 0.481 e. The summed E-state index contributed by atoms with van der Waals surface area (Å²) in [7, 11) is 0. The van der Waals surface area contributed by atoms with Gasteiger partial charge in [0.05, 0.1) is 5.92 Å². The van der Waals surface area contributed by atoms with Crippen molar-refractivity contribution in [3.05, 3.63) is 0 Å². The van der Waals surface area contributed by atoms with E-state index in [2.05, 4.69) is 5.32 Å². The van der Waals surface area contributed by atoms with Crippen LogP contribution in [0.1, 0.15) is 32.1 Å². The summed E-state index contributed by atoms with van der Waals surface area (Å²) in [6, 6.07) is -0.126. The number of nitrogens with one attached hydrogen (secondary N) is 1.